The van der Waals surface area contributed by atoms with Crippen molar-refractivity contribution in [2.24, 2.45) is 0 Å². The SMILES string of the molecule is [Cl][Nb].[Cl][Zn][Cl].[Zn]. The fraction of sp³-hybridized carbons (Fsp3) is 0. The molecule has 30 valence electrons. The minimum Gasteiger partial charge on any atom is 0 e. The monoisotopic (exact) mass is 326 g/mol. The van der Waals surface area contributed by atoms with Crippen LogP contribution in [-0.2, 0) is 54.6 Å². The predicted octanol–water partition coefficient (Wildman–Crippen LogP) is 2.06. The zero-order valence-corrected chi connectivity index (χ0v) is 13.4. The zero-order valence-electron chi connectivity index (χ0n) is 3.00. The van der Waals surface area contributed by atoms with Gasteiger partial charge in [-0.05, 0) is 0 Å². The molecule has 0 N–H and O–H groups in total. The summed E-state index contributed by atoms with van der Waals surface area (Å²) < 4.78 is 0. The van der Waals surface area contributed by atoms with E-state index in [1.165, 1.54) is 20.0 Å². The summed E-state index contributed by atoms with van der Waals surface area (Å²) in [6.07, 6.45) is 0. The van der Waals surface area contributed by atoms with Gasteiger partial charge < -0.3 is 0 Å². The smallest absolute Gasteiger partial charge is 0 e. The average molecular weight is 330 g/mol. The molecule has 0 saturated heterocycles. The van der Waals surface area contributed by atoms with E-state index in [1.807, 2.05) is 0 Å². The van der Waals surface area contributed by atoms with E-state index in [2.05, 4.69) is 9.19 Å². The topological polar surface area (TPSA) is 0 Å². The Balaban J connectivity index is -0.0000000275. The van der Waals surface area contributed by atoms with Crippen molar-refractivity contribution in [1.82, 2.24) is 0 Å². The largest absolute Gasteiger partial charge is 0 e. The van der Waals surface area contributed by atoms with Gasteiger partial charge in [-0.25, -0.2) is 0 Å². The molecule has 0 aromatic rings. The average Bonchev–Trinajstić information content (AvgIpc) is 1.46. The normalized spacial score (nSPS) is 2.50. The maximum Gasteiger partial charge on any atom is 0 e. The fourth-order valence-corrected chi connectivity index (χ4v) is 0. The van der Waals surface area contributed by atoms with Crippen molar-refractivity contribution in [3.8, 4) is 0 Å². The molecule has 0 rings (SSSR count). The minimum absolute atomic E-state index is 0. The van der Waals surface area contributed by atoms with Crippen molar-refractivity contribution < 1.29 is 54.6 Å². The third-order valence-corrected chi connectivity index (χ3v) is 0. The van der Waals surface area contributed by atoms with Crippen LogP contribution in [0.25, 0.3) is 0 Å². The van der Waals surface area contributed by atoms with Gasteiger partial charge in [0.2, 0.25) is 0 Å². The van der Waals surface area contributed by atoms with Crippen molar-refractivity contribution in [3.05, 3.63) is 0 Å². The summed E-state index contributed by atoms with van der Waals surface area (Å²) in [6.45, 7) is 0. The van der Waals surface area contributed by atoms with Crippen LogP contribution in [0.3, 0.4) is 0 Å². The summed E-state index contributed by atoms with van der Waals surface area (Å²) in [6, 6.07) is 0. The molecule has 0 aliphatic heterocycles. The summed E-state index contributed by atoms with van der Waals surface area (Å²) >= 11 is 0.292. The Kier molecular flexibility index (Phi) is 66.0. The molecule has 0 unspecified atom stereocenters. The van der Waals surface area contributed by atoms with Gasteiger partial charge in [-0.15, -0.1) is 0 Å². The van der Waals surface area contributed by atoms with E-state index in [9.17, 15) is 0 Å². The second-order valence-corrected chi connectivity index (χ2v) is 4.72. The summed E-state index contributed by atoms with van der Waals surface area (Å²) in [5.41, 5.74) is 0. The van der Waals surface area contributed by atoms with E-state index in [-0.39, 0.29) is 19.5 Å². The molecular formula is Cl3NbZn2. The summed E-state index contributed by atoms with van der Waals surface area (Å²) in [5.74, 6) is 0. The molecule has 0 spiro atoms. The van der Waals surface area contributed by atoms with Gasteiger partial charge in [-0.3, -0.25) is 0 Å². The quantitative estimate of drug-likeness (QED) is 0.597. The molecule has 0 nitrogen and oxygen atoms in total. The van der Waals surface area contributed by atoms with E-state index < -0.39 is 15.1 Å². The van der Waals surface area contributed by atoms with Crippen LogP contribution in [0.5, 0.6) is 0 Å². The molecule has 0 aromatic carbocycles. The van der Waals surface area contributed by atoms with Crippen LogP contribution in [0, 0.1) is 0 Å². The van der Waals surface area contributed by atoms with Gasteiger partial charge in [0.05, 0.1) is 0 Å². The van der Waals surface area contributed by atoms with Crippen LogP contribution in [-0.4, -0.2) is 0 Å². The summed E-state index contributed by atoms with van der Waals surface area (Å²) in [7, 11) is 14.6. The molecule has 6 heteroatoms. The number of hydrogen-bond acceptors (Lipinski definition) is 0. The Bertz CT molecular complexity index is 8.75. The van der Waals surface area contributed by atoms with Gasteiger partial charge >= 0.3 is 63.7 Å². The van der Waals surface area contributed by atoms with E-state index in [0.717, 1.165) is 0 Å². The van der Waals surface area contributed by atoms with Crippen LogP contribution in [0.15, 0.2) is 0 Å². The molecule has 0 heterocycles. The van der Waals surface area contributed by atoms with Crippen molar-refractivity contribution in [2.75, 3.05) is 0 Å². The van der Waals surface area contributed by atoms with Gasteiger partial charge in [-0.2, -0.15) is 0 Å². The van der Waals surface area contributed by atoms with E-state index in [1.54, 1.807) is 0 Å². The summed E-state index contributed by atoms with van der Waals surface area (Å²) in [5, 5.41) is 0. The Morgan fingerprint density at radius 2 is 1.17 bits per heavy atom. The molecular weight excluding hydrogens is 330 g/mol. The molecule has 0 bridgehead atoms. The van der Waals surface area contributed by atoms with E-state index in [4.69, 9.17) is 19.4 Å². The Hall–Kier alpha value is 2.86. The van der Waals surface area contributed by atoms with Crippen molar-refractivity contribution in [2.45, 2.75) is 0 Å². The minimum atomic E-state index is -0.931. The van der Waals surface area contributed by atoms with E-state index >= 15 is 0 Å². The molecule has 0 aliphatic carbocycles. The fourth-order valence-electron chi connectivity index (χ4n) is 0. The molecule has 0 amide bonds. The van der Waals surface area contributed by atoms with Crippen molar-refractivity contribution >= 4 is 28.6 Å². The third kappa shape index (κ3) is 28.8. The van der Waals surface area contributed by atoms with Gasteiger partial charge in [-0.1, -0.05) is 0 Å². The first-order chi connectivity index (χ1) is 2.41. The number of rotatable bonds is 0. The first-order valence-corrected chi connectivity index (χ1v) is 11.3. The molecule has 6 heavy (non-hydrogen) atoms. The predicted molar refractivity (Wildman–Crippen MR) is 17.6 cm³/mol. The van der Waals surface area contributed by atoms with Crippen molar-refractivity contribution in [3.63, 3.8) is 0 Å². The number of halogens is 3. The third-order valence-electron chi connectivity index (χ3n) is 0. The zero-order chi connectivity index (χ0) is 4.71. The molecule has 0 aromatic heterocycles. The Labute approximate surface area is 81.9 Å². The van der Waals surface area contributed by atoms with Crippen molar-refractivity contribution in [1.29, 1.82) is 0 Å². The molecule has 0 fully saturated rings. The van der Waals surface area contributed by atoms with Crippen LogP contribution in [0.4, 0.5) is 0 Å². The second kappa shape index (κ2) is 24.8. The van der Waals surface area contributed by atoms with Crippen LogP contribution < -0.4 is 0 Å². The van der Waals surface area contributed by atoms with Gasteiger partial charge in [0.25, 0.3) is 0 Å². The summed E-state index contributed by atoms with van der Waals surface area (Å²) in [4.78, 5) is 0. The first kappa shape index (κ1) is 15.9. The Morgan fingerprint density at radius 3 is 1.17 bits per heavy atom. The number of hydrogen-bond donors (Lipinski definition) is 0. The molecule has 0 atom stereocenters. The second-order valence-electron chi connectivity index (χ2n) is 0.101. The maximum atomic E-state index is 4.95. The first-order valence-electron chi connectivity index (χ1n) is 0.704. The van der Waals surface area contributed by atoms with Gasteiger partial charge in [0.15, 0.2) is 0 Å². The Morgan fingerprint density at radius 1 is 1.17 bits per heavy atom. The maximum absolute atomic E-state index is 4.95. The molecule has 0 aliphatic rings. The van der Waals surface area contributed by atoms with Gasteiger partial charge in [0.1, 0.15) is 0 Å². The van der Waals surface area contributed by atoms with E-state index in [0.29, 0.717) is 0 Å². The van der Waals surface area contributed by atoms with Gasteiger partial charge in [0, 0.05) is 19.5 Å². The standard InChI is InChI=1S/3ClH.Nb.2Zn/h3*1H;;;/q;;;+1;;+2/p-3. The van der Waals surface area contributed by atoms with Crippen LogP contribution in [0.1, 0.15) is 0 Å². The van der Waals surface area contributed by atoms with Crippen LogP contribution in [0.2, 0.25) is 0 Å². The van der Waals surface area contributed by atoms with Crippen LogP contribution >= 0.6 is 28.6 Å². The molecule has 0 radical (unpaired) electrons. The molecule has 0 saturated carbocycles.